The molecule has 2 N–H and O–H groups in total. The number of rotatable bonds is 6. The zero-order chi connectivity index (χ0) is 16.1. The molecule has 1 aliphatic rings. The summed E-state index contributed by atoms with van der Waals surface area (Å²) in [6, 6.07) is 3.82. The Balaban J connectivity index is 1.91. The van der Waals surface area contributed by atoms with Gasteiger partial charge >= 0.3 is 5.97 Å². The molecule has 1 saturated heterocycles. The van der Waals surface area contributed by atoms with Gasteiger partial charge in [-0.2, -0.15) is 0 Å². The maximum atomic E-state index is 12.2. The number of halogens is 1. The lowest BCUT2D eigenvalue weighted by atomic mass is 9.86. The Labute approximate surface area is 142 Å². The van der Waals surface area contributed by atoms with Crippen LogP contribution in [0.25, 0.3) is 0 Å². The largest absolute Gasteiger partial charge is 0.481 e. The van der Waals surface area contributed by atoms with Crippen LogP contribution >= 0.6 is 27.3 Å². The van der Waals surface area contributed by atoms with Crippen LogP contribution in [0.5, 0.6) is 0 Å². The molecule has 5 nitrogen and oxygen atoms in total. The molecule has 0 aliphatic carbocycles. The number of hydrogen-bond acceptors (Lipinski definition) is 4. The standard InChI is InChI=1S/C15H20BrNO4S/c1-9(12-2-3-13(16)22-12)14(18)17-8-11(15(19)20)10-4-6-21-7-5-10/h2-3,9-11H,4-8H2,1H3,(H,17,18)(H,19,20). The summed E-state index contributed by atoms with van der Waals surface area (Å²) in [7, 11) is 0. The molecule has 1 aromatic rings. The third kappa shape index (κ3) is 4.54. The van der Waals surface area contributed by atoms with Crippen LogP contribution in [0.3, 0.4) is 0 Å². The number of aliphatic carboxylic acids is 1. The topological polar surface area (TPSA) is 75.6 Å². The number of nitrogens with one attached hydrogen (secondary N) is 1. The molecule has 1 fully saturated rings. The fraction of sp³-hybridized carbons (Fsp3) is 0.600. The minimum absolute atomic E-state index is 0.0674. The van der Waals surface area contributed by atoms with Crippen molar-refractivity contribution in [3.8, 4) is 0 Å². The van der Waals surface area contributed by atoms with Crippen LogP contribution in [0.1, 0.15) is 30.6 Å². The Kier molecular flexibility index (Phi) is 6.40. The van der Waals surface area contributed by atoms with Gasteiger partial charge in [-0.05, 0) is 53.7 Å². The SMILES string of the molecule is CC(C(=O)NCC(C(=O)O)C1CCOCC1)c1ccc(Br)s1. The van der Waals surface area contributed by atoms with Crippen molar-refractivity contribution in [1.82, 2.24) is 5.32 Å². The number of thiophene rings is 1. The van der Waals surface area contributed by atoms with Gasteiger partial charge < -0.3 is 15.2 Å². The third-order valence-electron chi connectivity index (χ3n) is 4.06. The lowest BCUT2D eigenvalue weighted by Crippen LogP contribution is -2.40. The predicted molar refractivity (Wildman–Crippen MR) is 88.1 cm³/mol. The second-order valence-corrected chi connectivity index (χ2v) is 8.00. The van der Waals surface area contributed by atoms with E-state index in [-0.39, 0.29) is 24.3 Å². The van der Waals surface area contributed by atoms with E-state index in [4.69, 9.17) is 4.74 Å². The van der Waals surface area contributed by atoms with Crippen molar-refractivity contribution >= 4 is 39.1 Å². The van der Waals surface area contributed by atoms with Gasteiger partial charge in [-0.25, -0.2) is 0 Å². The van der Waals surface area contributed by atoms with Gasteiger partial charge in [-0.1, -0.05) is 0 Å². The van der Waals surface area contributed by atoms with Gasteiger partial charge in [0.05, 0.1) is 15.6 Å². The normalized spacial score (nSPS) is 18.6. The van der Waals surface area contributed by atoms with Crippen molar-refractivity contribution in [2.45, 2.75) is 25.7 Å². The Bertz CT molecular complexity index is 527. The van der Waals surface area contributed by atoms with E-state index in [1.165, 1.54) is 11.3 Å². The molecule has 0 saturated carbocycles. The second-order valence-electron chi connectivity index (χ2n) is 5.50. The van der Waals surface area contributed by atoms with Crippen LogP contribution in [0, 0.1) is 11.8 Å². The molecule has 0 bridgehead atoms. The van der Waals surface area contributed by atoms with E-state index < -0.39 is 11.9 Å². The number of carboxylic acid groups (broad SMARTS) is 1. The number of carboxylic acids is 1. The van der Waals surface area contributed by atoms with E-state index in [9.17, 15) is 14.7 Å². The molecule has 2 heterocycles. The van der Waals surface area contributed by atoms with Gasteiger partial charge in [-0.3, -0.25) is 9.59 Å². The second kappa shape index (κ2) is 8.08. The minimum Gasteiger partial charge on any atom is -0.481 e. The Hall–Kier alpha value is -0.920. The van der Waals surface area contributed by atoms with Crippen LogP contribution < -0.4 is 5.32 Å². The highest BCUT2D eigenvalue weighted by Crippen LogP contribution is 2.29. The molecule has 2 unspecified atom stereocenters. The maximum absolute atomic E-state index is 12.2. The molecular weight excluding hydrogens is 370 g/mol. The summed E-state index contributed by atoms with van der Waals surface area (Å²) in [4.78, 5) is 24.6. The molecule has 2 rings (SSSR count). The monoisotopic (exact) mass is 389 g/mol. The molecule has 0 radical (unpaired) electrons. The summed E-state index contributed by atoms with van der Waals surface area (Å²) in [5.74, 6) is -1.74. The van der Waals surface area contributed by atoms with Gasteiger partial charge in [0.25, 0.3) is 0 Å². The number of hydrogen-bond donors (Lipinski definition) is 2. The highest BCUT2D eigenvalue weighted by molar-refractivity contribution is 9.11. The first kappa shape index (κ1) is 17.4. The zero-order valence-corrected chi connectivity index (χ0v) is 14.8. The van der Waals surface area contributed by atoms with Crippen molar-refractivity contribution in [3.63, 3.8) is 0 Å². The predicted octanol–water partition coefficient (Wildman–Crippen LogP) is 2.86. The van der Waals surface area contributed by atoms with E-state index in [0.29, 0.717) is 13.2 Å². The number of carbonyl (C=O) groups excluding carboxylic acids is 1. The molecule has 1 aromatic heterocycles. The fourth-order valence-corrected chi connectivity index (χ4v) is 4.10. The highest BCUT2D eigenvalue weighted by Gasteiger charge is 2.30. The van der Waals surface area contributed by atoms with Crippen molar-refractivity contribution in [2.24, 2.45) is 11.8 Å². The molecule has 1 amide bonds. The van der Waals surface area contributed by atoms with Crippen molar-refractivity contribution in [2.75, 3.05) is 19.8 Å². The van der Waals surface area contributed by atoms with Crippen LogP contribution in [-0.2, 0) is 14.3 Å². The van der Waals surface area contributed by atoms with E-state index in [2.05, 4.69) is 21.2 Å². The van der Waals surface area contributed by atoms with Gasteiger partial charge in [-0.15, -0.1) is 11.3 Å². The number of amides is 1. The minimum atomic E-state index is -0.848. The Morgan fingerprint density at radius 1 is 1.45 bits per heavy atom. The van der Waals surface area contributed by atoms with Crippen LogP contribution in [0.15, 0.2) is 15.9 Å². The van der Waals surface area contributed by atoms with E-state index in [1.54, 1.807) is 0 Å². The molecule has 1 aliphatic heterocycles. The Morgan fingerprint density at radius 3 is 2.68 bits per heavy atom. The van der Waals surface area contributed by atoms with Crippen molar-refractivity contribution in [1.29, 1.82) is 0 Å². The lowest BCUT2D eigenvalue weighted by molar-refractivity contribution is -0.145. The first-order valence-corrected chi connectivity index (χ1v) is 8.93. The smallest absolute Gasteiger partial charge is 0.308 e. The summed E-state index contributed by atoms with van der Waals surface area (Å²) in [6.45, 7) is 3.21. The molecule has 0 spiro atoms. The fourth-order valence-electron chi connectivity index (χ4n) is 2.63. The number of ether oxygens (including phenoxy) is 1. The average Bonchev–Trinajstić information content (AvgIpc) is 2.93. The van der Waals surface area contributed by atoms with Gasteiger partial charge in [0.15, 0.2) is 0 Å². The van der Waals surface area contributed by atoms with Gasteiger partial charge in [0, 0.05) is 24.6 Å². The number of carbonyl (C=O) groups is 2. The summed E-state index contributed by atoms with van der Waals surface area (Å²) in [6.07, 6.45) is 1.47. The van der Waals surface area contributed by atoms with Gasteiger partial charge in [0.1, 0.15) is 0 Å². The molecule has 2 atom stereocenters. The summed E-state index contributed by atoms with van der Waals surface area (Å²) >= 11 is 4.90. The van der Waals surface area contributed by atoms with Gasteiger partial charge in [0.2, 0.25) is 5.91 Å². The molecule has 122 valence electrons. The van der Waals surface area contributed by atoms with E-state index in [0.717, 1.165) is 21.5 Å². The summed E-state index contributed by atoms with van der Waals surface area (Å²) in [5.41, 5.74) is 0. The summed E-state index contributed by atoms with van der Waals surface area (Å²) < 4.78 is 6.25. The molecule has 7 heteroatoms. The molecular formula is C15H20BrNO4S. The maximum Gasteiger partial charge on any atom is 0.308 e. The first-order chi connectivity index (χ1) is 10.5. The van der Waals surface area contributed by atoms with Crippen LogP contribution in [0.4, 0.5) is 0 Å². The lowest BCUT2D eigenvalue weighted by Gasteiger charge is -2.28. The highest BCUT2D eigenvalue weighted by atomic mass is 79.9. The first-order valence-electron chi connectivity index (χ1n) is 7.32. The quantitative estimate of drug-likeness (QED) is 0.783. The van der Waals surface area contributed by atoms with Crippen molar-refractivity contribution < 1.29 is 19.4 Å². The van der Waals surface area contributed by atoms with Crippen LogP contribution in [-0.4, -0.2) is 36.7 Å². The Morgan fingerprint density at radius 2 is 2.14 bits per heavy atom. The van der Waals surface area contributed by atoms with E-state index in [1.807, 2.05) is 19.1 Å². The van der Waals surface area contributed by atoms with Crippen LogP contribution in [0.2, 0.25) is 0 Å². The zero-order valence-electron chi connectivity index (χ0n) is 12.4. The van der Waals surface area contributed by atoms with E-state index >= 15 is 0 Å². The molecule has 0 aromatic carbocycles. The average molecular weight is 390 g/mol. The molecule has 22 heavy (non-hydrogen) atoms. The van der Waals surface area contributed by atoms with Crippen molar-refractivity contribution in [3.05, 3.63) is 20.8 Å². The third-order valence-corrected chi connectivity index (χ3v) is 5.87. The summed E-state index contributed by atoms with van der Waals surface area (Å²) in [5, 5.41) is 12.2.